The van der Waals surface area contributed by atoms with Gasteiger partial charge in [-0.05, 0) is 48.6 Å². The second kappa shape index (κ2) is 8.56. The van der Waals surface area contributed by atoms with Gasteiger partial charge in [-0.15, -0.1) is 0 Å². The number of nitrogens with one attached hydrogen (secondary N) is 1. The Morgan fingerprint density at radius 2 is 2.00 bits per heavy atom. The van der Waals surface area contributed by atoms with Crippen molar-refractivity contribution in [3.8, 4) is 17.4 Å². The molecular formula is C20H14ClN3O5. The fourth-order valence-corrected chi connectivity index (χ4v) is 2.90. The zero-order valence-electron chi connectivity index (χ0n) is 15.1. The van der Waals surface area contributed by atoms with Crippen LogP contribution in [0.2, 0.25) is 5.02 Å². The Hall–Kier alpha value is -3.67. The quantitative estimate of drug-likeness (QED) is 0.474. The lowest BCUT2D eigenvalue weighted by molar-refractivity contribution is -0.386. The van der Waals surface area contributed by atoms with Crippen molar-refractivity contribution in [2.45, 2.75) is 6.61 Å². The molecule has 1 aromatic carbocycles. The van der Waals surface area contributed by atoms with E-state index in [1.165, 1.54) is 19.3 Å². The van der Waals surface area contributed by atoms with Gasteiger partial charge in [0, 0.05) is 17.7 Å². The number of rotatable bonds is 6. The number of methoxy groups -OCH3 is 1. The number of nitrogens with zero attached hydrogens (tertiary/aromatic N) is 2. The monoisotopic (exact) mass is 411 g/mol. The van der Waals surface area contributed by atoms with Gasteiger partial charge in [-0.1, -0.05) is 11.6 Å². The molecule has 2 aromatic heterocycles. The van der Waals surface area contributed by atoms with Crippen molar-refractivity contribution >= 4 is 29.4 Å². The van der Waals surface area contributed by atoms with Crippen LogP contribution in [-0.4, -0.2) is 17.0 Å². The van der Waals surface area contributed by atoms with E-state index >= 15 is 0 Å². The Kier molecular flexibility index (Phi) is 5.93. The van der Waals surface area contributed by atoms with E-state index in [-0.39, 0.29) is 23.4 Å². The zero-order valence-corrected chi connectivity index (χ0v) is 15.9. The minimum absolute atomic E-state index is 0.0597. The second-order valence-electron chi connectivity index (χ2n) is 5.91. The van der Waals surface area contributed by atoms with Gasteiger partial charge in [0.05, 0.1) is 17.1 Å². The van der Waals surface area contributed by atoms with Crippen LogP contribution in [0.5, 0.6) is 0 Å². The van der Waals surface area contributed by atoms with Gasteiger partial charge in [-0.2, -0.15) is 5.26 Å². The fraction of sp³-hybridized carbons (Fsp3) is 0.100. The highest BCUT2D eigenvalue weighted by Gasteiger charge is 2.25. The summed E-state index contributed by atoms with van der Waals surface area (Å²) in [7, 11) is 1.32. The van der Waals surface area contributed by atoms with Crippen molar-refractivity contribution in [2.75, 3.05) is 7.11 Å². The van der Waals surface area contributed by atoms with Crippen molar-refractivity contribution in [3.63, 3.8) is 0 Å². The molecule has 29 heavy (non-hydrogen) atoms. The lowest BCUT2D eigenvalue weighted by Gasteiger charge is -2.06. The molecule has 0 saturated carbocycles. The first-order valence-electron chi connectivity index (χ1n) is 8.31. The Balaban J connectivity index is 2.01. The third-order valence-electron chi connectivity index (χ3n) is 4.07. The molecule has 9 heteroatoms. The van der Waals surface area contributed by atoms with Crippen molar-refractivity contribution < 1.29 is 14.1 Å². The Morgan fingerprint density at radius 1 is 1.28 bits per heavy atom. The summed E-state index contributed by atoms with van der Waals surface area (Å²) < 4.78 is 10.7. The van der Waals surface area contributed by atoms with Crippen LogP contribution in [0, 0.1) is 21.4 Å². The molecule has 0 unspecified atom stereocenters. The van der Waals surface area contributed by atoms with E-state index in [2.05, 4.69) is 4.98 Å². The summed E-state index contributed by atoms with van der Waals surface area (Å²) in [5.74, 6) is 1.01. The Morgan fingerprint density at radius 3 is 2.62 bits per heavy atom. The molecule has 0 fully saturated rings. The maximum atomic E-state index is 12.1. The molecule has 146 valence electrons. The van der Waals surface area contributed by atoms with Gasteiger partial charge in [0.25, 0.3) is 11.2 Å². The van der Waals surface area contributed by atoms with Crippen LogP contribution in [0.15, 0.2) is 45.6 Å². The molecule has 0 aliphatic heterocycles. The van der Waals surface area contributed by atoms with Crippen LogP contribution in [0.1, 0.15) is 22.6 Å². The maximum absolute atomic E-state index is 12.1. The maximum Gasteiger partial charge on any atom is 0.299 e. The highest BCUT2D eigenvalue weighted by molar-refractivity contribution is 6.30. The summed E-state index contributed by atoms with van der Waals surface area (Å²) in [6.45, 7) is -0.245. The molecule has 3 aromatic rings. The molecule has 3 rings (SSSR count). The van der Waals surface area contributed by atoms with Gasteiger partial charge in [-0.25, -0.2) is 0 Å². The van der Waals surface area contributed by atoms with E-state index in [4.69, 9.17) is 26.0 Å². The number of halogens is 1. The average molecular weight is 412 g/mol. The van der Waals surface area contributed by atoms with E-state index < -0.39 is 16.2 Å². The van der Waals surface area contributed by atoms with Crippen molar-refractivity contribution in [2.24, 2.45) is 0 Å². The topological polar surface area (TPSA) is 122 Å². The number of H-pyrrole nitrogens is 1. The Labute approximate surface area is 169 Å². The molecule has 0 aliphatic rings. The molecule has 8 nitrogen and oxygen atoms in total. The summed E-state index contributed by atoms with van der Waals surface area (Å²) in [5.41, 5.74) is -0.803. The summed E-state index contributed by atoms with van der Waals surface area (Å²) >= 11 is 5.88. The van der Waals surface area contributed by atoms with Crippen molar-refractivity contribution in [1.82, 2.24) is 4.98 Å². The SMILES string of the molecule is COCc1c([N+](=O)[O-])c(/C=C/c2ccc(-c3ccc(Cl)cc3)o2)[nH]c(=O)c1C#N. The van der Waals surface area contributed by atoms with Gasteiger partial charge in [-0.3, -0.25) is 14.9 Å². The average Bonchev–Trinajstić information content (AvgIpc) is 3.16. The fourth-order valence-electron chi connectivity index (χ4n) is 2.77. The lowest BCUT2D eigenvalue weighted by Crippen LogP contribution is -2.18. The van der Waals surface area contributed by atoms with Gasteiger partial charge in [0.15, 0.2) is 0 Å². The number of hydrogen-bond donors (Lipinski definition) is 1. The minimum atomic E-state index is -0.730. The van der Waals surface area contributed by atoms with Crippen LogP contribution in [0.25, 0.3) is 23.5 Å². The van der Waals surface area contributed by atoms with E-state index in [1.54, 1.807) is 42.5 Å². The van der Waals surface area contributed by atoms with Gasteiger partial charge < -0.3 is 14.1 Å². The molecule has 0 radical (unpaired) electrons. The molecule has 0 amide bonds. The number of ether oxygens (including phenoxy) is 1. The summed E-state index contributed by atoms with van der Waals surface area (Å²) in [4.78, 5) is 25.4. The van der Waals surface area contributed by atoms with Crippen molar-refractivity contribution in [3.05, 3.63) is 84.5 Å². The third-order valence-corrected chi connectivity index (χ3v) is 4.32. The van der Waals surface area contributed by atoms with Crippen LogP contribution < -0.4 is 5.56 Å². The number of nitro groups is 1. The molecule has 0 aliphatic carbocycles. The van der Waals surface area contributed by atoms with Crippen LogP contribution >= 0.6 is 11.6 Å². The molecular weight excluding hydrogens is 398 g/mol. The highest BCUT2D eigenvalue weighted by Crippen LogP contribution is 2.27. The molecule has 0 bridgehead atoms. The first kappa shape index (κ1) is 20.1. The first-order chi connectivity index (χ1) is 13.9. The van der Waals surface area contributed by atoms with E-state index in [0.29, 0.717) is 16.5 Å². The Bertz CT molecular complexity index is 1190. The summed E-state index contributed by atoms with van der Waals surface area (Å²) in [6, 6.07) is 12.2. The number of furan rings is 1. The van der Waals surface area contributed by atoms with Crippen LogP contribution in [-0.2, 0) is 11.3 Å². The largest absolute Gasteiger partial charge is 0.457 e. The number of aromatic nitrogens is 1. The number of nitriles is 1. The van der Waals surface area contributed by atoms with E-state index in [0.717, 1.165) is 5.56 Å². The first-order valence-corrected chi connectivity index (χ1v) is 8.68. The zero-order chi connectivity index (χ0) is 21.0. The number of hydrogen-bond acceptors (Lipinski definition) is 6. The molecule has 0 atom stereocenters. The minimum Gasteiger partial charge on any atom is -0.457 e. The van der Waals surface area contributed by atoms with Crippen molar-refractivity contribution in [1.29, 1.82) is 5.26 Å². The smallest absolute Gasteiger partial charge is 0.299 e. The summed E-state index contributed by atoms with van der Waals surface area (Å²) in [6.07, 6.45) is 2.84. The van der Waals surface area contributed by atoms with Crippen LogP contribution in [0.3, 0.4) is 0 Å². The van der Waals surface area contributed by atoms with E-state index in [1.807, 2.05) is 0 Å². The summed E-state index contributed by atoms with van der Waals surface area (Å²) in [5, 5.41) is 21.3. The normalized spacial score (nSPS) is 10.9. The molecule has 1 N–H and O–H groups in total. The lowest BCUT2D eigenvalue weighted by atomic mass is 10.1. The number of benzene rings is 1. The third kappa shape index (κ3) is 4.27. The van der Waals surface area contributed by atoms with Crippen LogP contribution in [0.4, 0.5) is 5.69 Å². The van der Waals surface area contributed by atoms with E-state index in [9.17, 15) is 14.9 Å². The van der Waals surface area contributed by atoms with Gasteiger partial charge >= 0.3 is 0 Å². The van der Waals surface area contributed by atoms with Gasteiger partial charge in [0.1, 0.15) is 28.8 Å². The number of aromatic amines is 1. The molecule has 0 spiro atoms. The standard InChI is InChI=1S/C20H14ClN3O5/c1-28-11-16-15(10-22)20(25)23-17(19(16)24(26)27)8-6-14-7-9-18(29-14)12-2-4-13(21)5-3-12/h2-9H,11H2,1H3,(H,23,25)/b8-6+. The number of pyridine rings is 1. The predicted molar refractivity (Wildman–Crippen MR) is 107 cm³/mol. The molecule has 0 saturated heterocycles. The van der Waals surface area contributed by atoms with Gasteiger partial charge in [0.2, 0.25) is 0 Å². The predicted octanol–water partition coefficient (Wildman–Crippen LogP) is 4.38. The molecule has 2 heterocycles. The second-order valence-corrected chi connectivity index (χ2v) is 6.35. The highest BCUT2D eigenvalue weighted by atomic mass is 35.5.